The van der Waals surface area contributed by atoms with Crippen molar-refractivity contribution in [1.29, 1.82) is 0 Å². The maximum atomic E-state index is 11.7. The summed E-state index contributed by atoms with van der Waals surface area (Å²) in [5.74, 6) is 1.81. The third kappa shape index (κ3) is 4.58. The van der Waals surface area contributed by atoms with E-state index in [0.717, 1.165) is 49.0 Å². The Balaban J connectivity index is 1.66. The number of rotatable bonds is 7. The lowest BCUT2D eigenvalue weighted by molar-refractivity contribution is -0.120. The molecule has 0 saturated carbocycles. The maximum absolute atomic E-state index is 11.7. The van der Waals surface area contributed by atoms with Crippen molar-refractivity contribution in [2.75, 3.05) is 43.1 Å². The highest BCUT2D eigenvalue weighted by atomic mass is 16.5. The number of ether oxygens (including phenoxy) is 1. The highest BCUT2D eigenvalue weighted by molar-refractivity contribution is 5.77. The van der Waals surface area contributed by atoms with Crippen molar-refractivity contribution in [2.45, 2.75) is 13.0 Å². The van der Waals surface area contributed by atoms with Gasteiger partial charge >= 0.3 is 0 Å². The molecule has 1 aromatic carbocycles. The molecule has 1 aliphatic rings. The van der Waals surface area contributed by atoms with Gasteiger partial charge in [-0.25, -0.2) is 4.98 Å². The Bertz CT molecular complexity index is 785. The second-order valence-electron chi connectivity index (χ2n) is 6.40. The lowest BCUT2D eigenvalue weighted by Gasteiger charge is -2.37. The smallest absolute Gasteiger partial charge is 0.224 e. The number of nitrogens with one attached hydrogen (secondary N) is 1. The van der Waals surface area contributed by atoms with Crippen LogP contribution in [0.2, 0.25) is 0 Å². The SMILES string of the molecule is C=CCC(=O)NCc1cccnc1N1CCN(c2ccccc2OC)CC1. The first-order valence-electron chi connectivity index (χ1n) is 9.17. The van der Waals surface area contributed by atoms with Crippen molar-refractivity contribution in [3.63, 3.8) is 0 Å². The summed E-state index contributed by atoms with van der Waals surface area (Å²) in [4.78, 5) is 20.9. The molecule has 1 aromatic heterocycles. The molecule has 1 aliphatic heterocycles. The molecule has 0 atom stereocenters. The first kappa shape index (κ1) is 18.8. The molecule has 0 spiro atoms. The Kier molecular flexibility index (Phi) is 6.30. The fourth-order valence-electron chi connectivity index (χ4n) is 3.30. The second-order valence-corrected chi connectivity index (χ2v) is 6.40. The van der Waals surface area contributed by atoms with E-state index in [2.05, 4.69) is 32.7 Å². The van der Waals surface area contributed by atoms with E-state index in [1.54, 1.807) is 19.4 Å². The molecular formula is C21H26N4O2. The van der Waals surface area contributed by atoms with E-state index >= 15 is 0 Å². The van der Waals surface area contributed by atoms with Gasteiger partial charge in [-0.05, 0) is 18.2 Å². The predicted octanol–water partition coefficient (Wildman–Crippen LogP) is 2.61. The van der Waals surface area contributed by atoms with Gasteiger partial charge in [0.2, 0.25) is 5.91 Å². The van der Waals surface area contributed by atoms with E-state index in [9.17, 15) is 4.79 Å². The van der Waals surface area contributed by atoms with Gasteiger partial charge in [0.1, 0.15) is 11.6 Å². The van der Waals surface area contributed by atoms with Crippen LogP contribution >= 0.6 is 0 Å². The maximum Gasteiger partial charge on any atom is 0.224 e. The first-order valence-corrected chi connectivity index (χ1v) is 9.17. The van der Waals surface area contributed by atoms with Crippen LogP contribution in [0.15, 0.2) is 55.3 Å². The van der Waals surface area contributed by atoms with Crippen LogP contribution in [0.3, 0.4) is 0 Å². The topological polar surface area (TPSA) is 57.7 Å². The van der Waals surface area contributed by atoms with Crippen molar-refractivity contribution in [3.8, 4) is 5.75 Å². The number of para-hydroxylation sites is 2. The van der Waals surface area contributed by atoms with E-state index in [1.165, 1.54) is 0 Å². The molecule has 3 rings (SSSR count). The van der Waals surface area contributed by atoms with Crippen molar-refractivity contribution in [1.82, 2.24) is 10.3 Å². The number of hydrogen-bond acceptors (Lipinski definition) is 5. The van der Waals surface area contributed by atoms with Crippen LogP contribution in [-0.2, 0) is 11.3 Å². The lowest BCUT2D eigenvalue weighted by Crippen LogP contribution is -2.47. The molecule has 2 aromatic rings. The summed E-state index contributed by atoms with van der Waals surface area (Å²) >= 11 is 0. The van der Waals surface area contributed by atoms with Gasteiger partial charge in [0.05, 0.1) is 12.8 Å². The lowest BCUT2D eigenvalue weighted by atomic mass is 10.2. The fraction of sp³-hybridized carbons (Fsp3) is 0.333. The van der Waals surface area contributed by atoms with Gasteiger partial charge < -0.3 is 19.9 Å². The molecule has 1 amide bonds. The van der Waals surface area contributed by atoms with E-state index in [1.807, 2.05) is 30.3 Å². The molecule has 0 radical (unpaired) electrons. The van der Waals surface area contributed by atoms with Crippen LogP contribution < -0.4 is 19.9 Å². The van der Waals surface area contributed by atoms with Crippen LogP contribution in [0.4, 0.5) is 11.5 Å². The monoisotopic (exact) mass is 366 g/mol. The summed E-state index contributed by atoms with van der Waals surface area (Å²) in [6.07, 6.45) is 3.74. The van der Waals surface area contributed by atoms with Crippen molar-refractivity contribution < 1.29 is 9.53 Å². The van der Waals surface area contributed by atoms with E-state index in [4.69, 9.17) is 4.74 Å². The Hall–Kier alpha value is -3.02. The van der Waals surface area contributed by atoms with Crippen LogP contribution in [0, 0.1) is 0 Å². The van der Waals surface area contributed by atoms with Crippen LogP contribution in [0.5, 0.6) is 5.75 Å². The number of piperazine rings is 1. The third-order valence-corrected chi connectivity index (χ3v) is 4.68. The minimum Gasteiger partial charge on any atom is -0.495 e. The third-order valence-electron chi connectivity index (χ3n) is 4.68. The number of aromatic nitrogens is 1. The summed E-state index contributed by atoms with van der Waals surface area (Å²) < 4.78 is 5.49. The minimum absolute atomic E-state index is 0.0270. The Morgan fingerprint density at radius 3 is 2.67 bits per heavy atom. The average molecular weight is 366 g/mol. The average Bonchev–Trinajstić information content (AvgIpc) is 2.73. The number of nitrogens with zero attached hydrogens (tertiary/aromatic N) is 3. The largest absolute Gasteiger partial charge is 0.495 e. The van der Waals surface area contributed by atoms with Gasteiger partial charge in [-0.15, -0.1) is 6.58 Å². The molecule has 27 heavy (non-hydrogen) atoms. The predicted molar refractivity (Wildman–Crippen MR) is 108 cm³/mol. The molecule has 0 aliphatic carbocycles. The summed E-state index contributed by atoms with van der Waals surface area (Å²) in [6, 6.07) is 12.0. The van der Waals surface area contributed by atoms with E-state index in [-0.39, 0.29) is 5.91 Å². The molecule has 1 saturated heterocycles. The van der Waals surface area contributed by atoms with Crippen LogP contribution in [0.1, 0.15) is 12.0 Å². The zero-order chi connectivity index (χ0) is 19.1. The highest BCUT2D eigenvalue weighted by Crippen LogP contribution is 2.29. The minimum atomic E-state index is -0.0270. The van der Waals surface area contributed by atoms with Gasteiger partial charge in [-0.1, -0.05) is 24.3 Å². The zero-order valence-corrected chi connectivity index (χ0v) is 15.7. The highest BCUT2D eigenvalue weighted by Gasteiger charge is 2.22. The summed E-state index contributed by atoms with van der Waals surface area (Å²) in [7, 11) is 1.70. The molecule has 6 nitrogen and oxygen atoms in total. The van der Waals surface area contributed by atoms with Crippen LogP contribution in [0.25, 0.3) is 0 Å². The molecule has 0 unspecified atom stereocenters. The van der Waals surface area contributed by atoms with Gasteiger partial charge in [0.15, 0.2) is 0 Å². The molecule has 2 heterocycles. The quantitative estimate of drug-likeness (QED) is 0.764. The van der Waals surface area contributed by atoms with E-state index in [0.29, 0.717) is 13.0 Å². The summed E-state index contributed by atoms with van der Waals surface area (Å²) in [5.41, 5.74) is 2.15. The number of hydrogen-bond donors (Lipinski definition) is 1. The number of carbonyl (C=O) groups excluding carboxylic acids is 1. The van der Waals surface area contributed by atoms with Crippen molar-refractivity contribution in [2.24, 2.45) is 0 Å². The first-order chi connectivity index (χ1) is 13.2. The summed E-state index contributed by atoms with van der Waals surface area (Å²) in [6.45, 7) is 7.57. The number of carbonyl (C=O) groups is 1. The van der Waals surface area contributed by atoms with Crippen LogP contribution in [-0.4, -0.2) is 44.2 Å². The molecule has 1 N–H and O–H groups in total. The Morgan fingerprint density at radius 2 is 1.93 bits per heavy atom. The Morgan fingerprint density at radius 1 is 1.19 bits per heavy atom. The molecular weight excluding hydrogens is 340 g/mol. The van der Waals surface area contributed by atoms with Gasteiger partial charge in [0, 0.05) is 50.9 Å². The molecule has 6 heteroatoms. The number of pyridine rings is 1. The van der Waals surface area contributed by atoms with Gasteiger partial charge in [0.25, 0.3) is 0 Å². The number of amides is 1. The second kappa shape index (κ2) is 9.07. The van der Waals surface area contributed by atoms with Crippen molar-refractivity contribution in [3.05, 3.63) is 60.8 Å². The fourth-order valence-corrected chi connectivity index (χ4v) is 3.30. The van der Waals surface area contributed by atoms with E-state index < -0.39 is 0 Å². The zero-order valence-electron chi connectivity index (χ0n) is 15.7. The molecule has 142 valence electrons. The number of benzene rings is 1. The Labute approximate surface area is 160 Å². The molecule has 0 bridgehead atoms. The van der Waals surface area contributed by atoms with Gasteiger partial charge in [-0.2, -0.15) is 0 Å². The van der Waals surface area contributed by atoms with Crippen molar-refractivity contribution >= 4 is 17.4 Å². The summed E-state index contributed by atoms with van der Waals surface area (Å²) in [5, 5.41) is 2.93. The number of methoxy groups -OCH3 is 1. The normalized spacial score (nSPS) is 14.0. The molecule has 1 fully saturated rings. The van der Waals surface area contributed by atoms with Gasteiger partial charge in [-0.3, -0.25) is 4.79 Å². The number of anilines is 2. The standard InChI is InChI=1S/C21H26N4O2/c1-3-7-20(26)23-16-17-8-6-11-22-21(17)25-14-12-24(13-15-25)18-9-4-5-10-19(18)27-2/h3-6,8-11H,1,7,12-16H2,2H3,(H,23,26).